The molecule has 0 aliphatic carbocycles. The lowest BCUT2D eigenvalue weighted by atomic mass is 10.1. The molecule has 0 saturated heterocycles. The molecule has 0 radical (unpaired) electrons. The molecule has 108 valence electrons. The molecule has 6 heteroatoms. The Morgan fingerprint density at radius 3 is 2.86 bits per heavy atom. The fourth-order valence-electron chi connectivity index (χ4n) is 2.12. The fraction of sp³-hybridized carbons (Fsp3) is 0.200. The first-order valence-corrected chi connectivity index (χ1v) is 7.39. The predicted molar refractivity (Wildman–Crippen MR) is 82.0 cm³/mol. The van der Waals surface area contributed by atoms with Crippen LogP contribution < -0.4 is 0 Å². The molecule has 0 saturated carbocycles. The van der Waals surface area contributed by atoms with Crippen molar-refractivity contribution in [3.05, 3.63) is 53.6 Å². The number of hydrogen-bond donors (Lipinski definition) is 0. The molecule has 2 heterocycles. The molecular weight excluding hydrogens is 287 g/mol. The number of aromatic nitrogens is 3. The minimum atomic E-state index is -0.181. The molecular formula is C15H15FN4S. The van der Waals surface area contributed by atoms with Crippen molar-refractivity contribution in [1.82, 2.24) is 19.7 Å². The largest absolute Gasteiger partial charge is 0.305 e. The maximum Gasteiger partial charge on any atom is 0.210 e. The van der Waals surface area contributed by atoms with Gasteiger partial charge in [-0.25, -0.2) is 14.1 Å². The highest BCUT2D eigenvalue weighted by molar-refractivity contribution is 7.12. The third kappa shape index (κ3) is 3.01. The highest BCUT2D eigenvalue weighted by Crippen LogP contribution is 2.23. The van der Waals surface area contributed by atoms with Crippen LogP contribution in [0.15, 0.2) is 42.2 Å². The molecule has 0 aliphatic rings. The van der Waals surface area contributed by atoms with Crippen molar-refractivity contribution < 1.29 is 4.39 Å². The minimum absolute atomic E-state index is 0.181. The second kappa shape index (κ2) is 5.75. The number of benzene rings is 1. The smallest absolute Gasteiger partial charge is 0.210 e. The standard InChI is InChI=1S/C15H15FN4S/c1-19(2)9-12-7-11(3-4-14(12)16)13-8-18-20(10-13)15-17-5-6-21-15/h3-8,10H,9H2,1-2H3. The lowest BCUT2D eigenvalue weighted by Gasteiger charge is -2.11. The maximum absolute atomic E-state index is 13.8. The Hall–Kier alpha value is -2.05. The lowest BCUT2D eigenvalue weighted by Crippen LogP contribution is -2.11. The molecule has 21 heavy (non-hydrogen) atoms. The summed E-state index contributed by atoms with van der Waals surface area (Å²) in [6, 6.07) is 5.16. The van der Waals surface area contributed by atoms with Gasteiger partial charge in [0.1, 0.15) is 5.82 Å². The summed E-state index contributed by atoms with van der Waals surface area (Å²) in [4.78, 5) is 6.16. The van der Waals surface area contributed by atoms with Gasteiger partial charge < -0.3 is 4.90 Å². The predicted octanol–water partition coefficient (Wildman–Crippen LogP) is 3.20. The molecule has 0 atom stereocenters. The SMILES string of the molecule is CN(C)Cc1cc(-c2cnn(-c3nccs3)c2)ccc1F. The van der Waals surface area contributed by atoms with Gasteiger partial charge in [-0.3, -0.25) is 0 Å². The Bertz CT molecular complexity index is 734. The van der Waals surface area contributed by atoms with Gasteiger partial charge >= 0.3 is 0 Å². The van der Waals surface area contributed by atoms with Gasteiger partial charge in [0.25, 0.3) is 0 Å². The van der Waals surface area contributed by atoms with E-state index in [0.29, 0.717) is 12.1 Å². The molecule has 3 aromatic rings. The Kier molecular flexibility index (Phi) is 3.81. The van der Waals surface area contributed by atoms with Gasteiger partial charge in [-0.1, -0.05) is 6.07 Å². The topological polar surface area (TPSA) is 34.0 Å². The van der Waals surface area contributed by atoms with E-state index in [1.54, 1.807) is 23.1 Å². The van der Waals surface area contributed by atoms with Crippen LogP contribution in [0.25, 0.3) is 16.3 Å². The molecule has 0 aliphatic heterocycles. The van der Waals surface area contributed by atoms with Crippen molar-refractivity contribution in [2.24, 2.45) is 0 Å². The van der Waals surface area contributed by atoms with E-state index in [2.05, 4.69) is 10.1 Å². The Morgan fingerprint density at radius 1 is 1.29 bits per heavy atom. The van der Waals surface area contributed by atoms with Crippen molar-refractivity contribution in [3.63, 3.8) is 0 Å². The second-order valence-corrected chi connectivity index (χ2v) is 5.91. The Labute approximate surface area is 126 Å². The molecule has 0 fully saturated rings. The summed E-state index contributed by atoms with van der Waals surface area (Å²) < 4.78 is 15.5. The summed E-state index contributed by atoms with van der Waals surface area (Å²) in [6.45, 7) is 0.570. The molecule has 0 amide bonds. The quantitative estimate of drug-likeness (QED) is 0.742. The van der Waals surface area contributed by atoms with Crippen molar-refractivity contribution in [3.8, 4) is 16.3 Å². The van der Waals surface area contributed by atoms with E-state index in [4.69, 9.17) is 0 Å². The highest BCUT2D eigenvalue weighted by atomic mass is 32.1. The molecule has 1 aromatic carbocycles. The zero-order chi connectivity index (χ0) is 14.8. The normalized spacial score (nSPS) is 11.2. The number of rotatable bonds is 4. The van der Waals surface area contributed by atoms with E-state index in [1.165, 1.54) is 17.4 Å². The molecule has 2 aromatic heterocycles. The number of thiazole rings is 1. The zero-order valence-electron chi connectivity index (χ0n) is 11.8. The monoisotopic (exact) mass is 302 g/mol. The first-order chi connectivity index (χ1) is 10.1. The molecule has 3 rings (SSSR count). The van der Waals surface area contributed by atoms with Crippen LogP contribution in [0.2, 0.25) is 0 Å². The first kappa shape index (κ1) is 13.9. The van der Waals surface area contributed by atoms with Crippen LogP contribution in [-0.4, -0.2) is 33.8 Å². The van der Waals surface area contributed by atoms with Crippen LogP contribution in [0.3, 0.4) is 0 Å². The summed E-state index contributed by atoms with van der Waals surface area (Å²) in [6.07, 6.45) is 5.42. The molecule has 4 nitrogen and oxygen atoms in total. The summed E-state index contributed by atoms with van der Waals surface area (Å²) >= 11 is 1.52. The summed E-state index contributed by atoms with van der Waals surface area (Å²) in [5.74, 6) is -0.181. The van der Waals surface area contributed by atoms with Gasteiger partial charge in [0.15, 0.2) is 0 Å². The molecule has 0 unspecified atom stereocenters. The van der Waals surface area contributed by atoms with E-state index in [-0.39, 0.29) is 5.82 Å². The van der Waals surface area contributed by atoms with Crippen molar-refractivity contribution in [2.45, 2.75) is 6.54 Å². The van der Waals surface area contributed by atoms with Crippen LogP contribution in [0, 0.1) is 5.82 Å². The number of halogens is 1. The summed E-state index contributed by atoms with van der Waals surface area (Å²) in [7, 11) is 3.85. The van der Waals surface area contributed by atoms with Crippen molar-refractivity contribution in [2.75, 3.05) is 14.1 Å². The third-order valence-electron chi connectivity index (χ3n) is 3.06. The fourth-order valence-corrected chi connectivity index (χ4v) is 2.69. The third-order valence-corrected chi connectivity index (χ3v) is 3.82. The van der Waals surface area contributed by atoms with Crippen LogP contribution in [0.1, 0.15) is 5.56 Å². The average molecular weight is 302 g/mol. The molecule has 0 N–H and O–H groups in total. The van der Waals surface area contributed by atoms with Crippen molar-refractivity contribution >= 4 is 11.3 Å². The van der Waals surface area contributed by atoms with Gasteiger partial charge in [-0.15, -0.1) is 11.3 Å². The number of nitrogens with zero attached hydrogens (tertiary/aromatic N) is 4. The van der Waals surface area contributed by atoms with E-state index in [1.807, 2.05) is 36.6 Å². The van der Waals surface area contributed by atoms with Gasteiger partial charge in [-0.05, 0) is 31.8 Å². The molecule has 0 bridgehead atoms. The number of hydrogen-bond acceptors (Lipinski definition) is 4. The zero-order valence-corrected chi connectivity index (χ0v) is 12.6. The Balaban J connectivity index is 1.94. The summed E-state index contributed by atoms with van der Waals surface area (Å²) in [5, 5.41) is 7.03. The maximum atomic E-state index is 13.8. The van der Waals surface area contributed by atoms with Gasteiger partial charge in [0.05, 0.1) is 6.20 Å². The summed E-state index contributed by atoms with van der Waals surface area (Å²) in [5.41, 5.74) is 2.58. The Morgan fingerprint density at radius 2 is 2.14 bits per heavy atom. The average Bonchev–Trinajstić information content (AvgIpc) is 3.10. The van der Waals surface area contributed by atoms with E-state index < -0.39 is 0 Å². The van der Waals surface area contributed by atoms with Crippen LogP contribution >= 0.6 is 11.3 Å². The minimum Gasteiger partial charge on any atom is -0.305 e. The van der Waals surface area contributed by atoms with E-state index >= 15 is 0 Å². The van der Waals surface area contributed by atoms with Gasteiger partial charge in [0.2, 0.25) is 5.13 Å². The van der Waals surface area contributed by atoms with Crippen LogP contribution in [0.5, 0.6) is 0 Å². The van der Waals surface area contributed by atoms with Gasteiger partial charge in [0, 0.05) is 35.4 Å². The van der Waals surface area contributed by atoms with Crippen LogP contribution in [0.4, 0.5) is 4.39 Å². The first-order valence-electron chi connectivity index (χ1n) is 6.51. The lowest BCUT2D eigenvalue weighted by molar-refractivity contribution is 0.392. The van der Waals surface area contributed by atoms with E-state index in [9.17, 15) is 4.39 Å². The van der Waals surface area contributed by atoms with E-state index in [0.717, 1.165) is 16.3 Å². The van der Waals surface area contributed by atoms with Crippen LogP contribution in [-0.2, 0) is 6.54 Å². The van der Waals surface area contributed by atoms with Crippen molar-refractivity contribution in [1.29, 1.82) is 0 Å². The molecule has 0 spiro atoms. The van der Waals surface area contributed by atoms with Gasteiger partial charge in [-0.2, -0.15) is 5.10 Å². The highest BCUT2D eigenvalue weighted by Gasteiger charge is 2.09. The second-order valence-electron chi connectivity index (χ2n) is 5.03.